The topological polar surface area (TPSA) is 108 Å². The lowest BCUT2D eigenvalue weighted by atomic mass is 10.2. The van der Waals surface area contributed by atoms with Crippen molar-refractivity contribution in [2.75, 3.05) is 37.3 Å². The summed E-state index contributed by atoms with van der Waals surface area (Å²) >= 11 is 0. The van der Waals surface area contributed by atoms with E-state index in [0.29, 0.717) is 43.0 Å². The highest BCUT2D eigenvalue weighted by Gasteiger charge is 2.20. The van der Waals surface area contributed by atoms with Gasteiger partial charge in [-0.05, 0) is 45.7 Å². The Morgan fingerprint density at radius 2 is 1.92 bits per heavy atom. The molecule has 0 bridgehead atoms. The van der Waals surface area contributed by atoms with Crippen LogP contribution in [0.2, 0.25) is 0 Å². The van der Waals surface area contributed by atoms with Crippen molar-refractivity contribution in [3.63, 3.8) is 0 Å². The zero-order chi connectivity index (χ0) is 27.4. The van der Waals surface area contributed by atoms with Crippen LogP contribution in [0, 0.1) is 23.5 Å². The standard InChI is InChI=1S/C26H34F2N6O3/c1-6-13-30-23-18(16-31-24(33-23)32-19-11-12-20(27)21(28)15-19)10-8-7-9-14-29-22(35)17-34(5)25(36)37-26(2,3)4/h11-12,15-16H,6-7,9,13-14,17H2,1-5H3,(H,29,35)(H2,30,31,32,33). The van der Waals surface area contributed by atoms with Crippen molar-refractivity contribution in [3.8, 4) is 11.8 Å². The molecule has 11 heteroatoms. The number of anilines is 3. The molecule has 2 aromatic rings. The molecule has 37 heavy (non-hydrogen) atoms. The summed E-state index contributed by atoms with van der Waals surface area (Å²) in [6, 6.07) is 3.44. The van der Waals surface area contributed by atoms with Crippen LogP contribution in [0.5, 0.6) is 0 Å². The molecule has 9 nitrogen and oxygen atoms in total. The Bertz CT molecular complexity index is 1140. The molecule has 1 heterocycles. The van der Waals surface area contributed by atoms with Crippen LogP contribution in [0.1, 0.15) is 52.5 Å². The van der Waals surface area contributed by atoms with Crippen molar-refractivity contribution >= 4 is 29.5 Å². The van der Waals surface area contributed by atoms with Crippen LogP contribution < -0.4 is 16.0 Å². The third-order valence-corrected chi connectivity index (χ3v) is 4.62. The Kier molecular flexibility index (Phi) is 11.1. The Morgan fingerprint density at radius 1 is 1.16 bits per heavy atom. The van der Waals surface area contributed by atoms with Crippen molar-refractivity contribution in [1.29, 1.82) is 0 Å². The van der Waals surface area contributed by atoms with Crippen LogP contribution in [-0.2, 0) is 9.53 Å². The summed E-state index contributed by atoms with van der Waals surface area (Å²) < 4.78 is 31.9. The van der Waals surface area contributed by atoms with E-state index in [2.05, 4.69) is 37.8 Å². The third kappa shape index (κ3) is 10.7. The lowest BCUT2D eigenvalue weighted by Gasteiger charge is -2.24. The number of rotatable bonds is 10. The lowest BCUT2D eigenvalue weighted by molar-refractivity contribution is -0.122. The summed E-state index contributed by atoms with van der Waals surface area (Å²) in [5, 5.41) is 8.80. The first-order valence-corrected chi connectivity index (χ1v) is 12.0. The van der Waals surface area contributed by atoms with Crippen molar-refractivity contribution in [2.24, 2.45) is 0 Å². The average Bonchev–Trinajstić information content (AvgIpc) is 2.82. The van der Waals surface area contributed by atoms with Gasteiger partial charge in [-0.3, -0.25) is 4.79 Å². The quantitative estimate of drug-likeness (QED) is 0.317. The molecule has 0 atom stereocenters. The average molecular weight is 517 g/mol. The number of amides is 2. The van der Waals surface area contributed by atoms with Crippen LogP contribution in [-0.4, -0.2) is 59.2 Å². The molecule has 200 valence electrons. The van der Waals surface area contributed by atoms with Gasteiger partial charge in [-0.1, -0.05) is 18.8 Å². The maximum atomic E-state index is 13.5. The van der Waals surface area contributed by atoms with Crippen molar-refractivity contribution in [3.05, 3.63) is 41.6 Å². The van der Waals surface area contributed by atoms with Gasteiger partial charge in [0.05, 0.1) is 11.8 Å². The summed E-state index contributed by atoms with van der Waals surface area (Å²) in [5.41, 5.74) is 0.279. The third-order valence-electron chi connectivity index (χ3n) is 4.62. The number of carbonyl (C=O) groups is 2. The maximum Gasteiger partial charge on any atom is 0.410 e. The Hall–Kier alpha value is -3.94. The Labute approximate surface area is 216 Å². The molecule has 1 aromatic heterocycles. The minimum Gasteiger partial charge on any atom is -0.444 e. The predicted octanol–water partition coefficient (Wildman–Crippen LogP) is 4.44. The van der Waals surface area contributed by atoms with Gasteiger partial charge >= 0.3 is 6.09 Å². The number of unbranched alkanes of at least 4 members (excludes halogenated alkanes) is 1. The van der Waals surface area contributed by atoms with Crippen LogP contribution in [0.15, 0.2) is 24.4 Å². The molecule has 1 aromatic carbocycles. The van der Waals surface area contributed by atoms with Crippen molar-refractivity contribution in [2.45, 2.75) is 52.6 Å². The molecule has 0 unspecified atom stereocenters. The van der Waals surface area contributed by atoms with Crippen LogP contribution in [0.25, 0.3) is 0 Å². The minimum atomic E-state index is -0.969. The fourth-order valence-corrected chi connectivity index (χ4v) is 2.85. The molecule has 0 fully saturated rings. The second kappa shape index (κ2) is 14.0. The van der Waals surface area contributed by atoms with Gasteiger partial charge in [-0.15, -0.1) is 0 Å². The summed E-state index contributed by atoms with van der Waals surface area (Å²) in [4.78, 5) is 33.8. The summed E-state index contributed by atoms with van der Waals surface area (Å²) in [7, 11) is 1.50. The second-order valence-corrected chi connectivity index (χ2v) is 9.23. The first-order valence-electron chi connectivity index (χ1n) is 12.0. The van der Waals surface area contributed by atoms with E-state index in [1.165, 1.54) is 18.0 Å². The molecular formula is C26H34F2N6O3. The lowest BCUT2D eigenvalue weighted by Crippen LogP contribution is -2.41. The molecule has 0 aliphatic heterocycles. The summed E-state index contributed by atoms with van der Waals surface area (Å²) in [6.45, 7) is 8.27. The predicted molar refractivity (Wildman–Crippen MR) is 138 cm³/mol. The number of nitrogens with zero attached hydrogens (tertiary/aromatic N) is 3. The number of hydrogen-bond donors (Lipinski definition) is 3. The Balaban J connectivity index is 1.88. The molecule has 0 aliphatic rings. The van der Waals surface area contributed by atoms with Gasteiger partial charge in [0.15, 0.2) is 11.6 Å². The molecule has 2 amide bonds. The number of hydrogen-bond acceptors (Lipinski definition) is 7. The monoisotopic (exact) mass is 516 g/mol. The van der Waals surface area contributed by atoms with E-state index in [0.717, 1.165) is 18.6 Å². The fourth-order valence-electron chi connectivity index (χ4n) is 2.85. The SMILES string of the molecule is CCCNc1nc(Nc2ccc(F)c(F)c2)ncc1C#CCCCNC(=O)CN(C)C(=O)OC(C)(C)C. The molecule has 0 radical (unpaired) electrons. The van der Waals surface area contributed by atoms with Crippen LogP contribution in [0.3, 0.4) is 0 Å². The highest BCUT2D eigenvalue weighted by molar-refractivity contribution is 5.82. The summed E-state index contributed by atoms with van der Waals surface area (Å²) in [6.07, 6.45) is 2.99. The van der Waals surface area contributed by atoms with E-state index in [9.17, 15) is 18.4 Å². The van der Waals surface area contributed by atoms with Gasteiger partial charge in [0.2, 0.25) is 11.9 Å². The van der Waals surface area contributed by atoms with Gasteiger partial charge in [0.1, 0.15) is 18.0 Å². The Morgan fingerprint density at radius 3 is 2.59 bits per heavy atom. The van der Waals surface area contributed by atoms with Gasteiger partial charge in [0.25, 0.3) is 0 Å². The number of nitrogens with one attached hydrogen (secondary N) is 3. The molecule has 0 spiro atoms. The molecule has 2 rings (SSSR count). The number of aromatic nitrogens is 2. The van der Waals surface area contributed by atoms with Crippen LogP contribution >= 0.6 is 0 Å². The molecule has 0 saturated heterocycles. The van der Waals surface area contributed by atoms with Gasteiger partial charge in [0, 0.05) is 38.3 Å². The summed E-state index contributed by atoms with van der Waals surface area (Å²) in [5.74, 6) is 4.62. The first kappa shape index (κ1) is 29.3. The first-order chi connectivity index (χ1) is 17.5. The van der Waals surface area contributed by atoms with Crippen LogP contribution in [0.4, 0.5) is 31.0 Å². The molecular weight excluding hydrogens is 482 g/mol. The zero-order valence-electron chi connectivity index (χ0n) is 21.9. The van der Waals surface area contributed by atoms with E-state index in [4.69, 9.17) is 4.74 Å². The van der Waals surface area contributed by atoms with Crippen molar-refractivity contribution in [1.82, 2.24) is 20.2 Å². The van der Waals surface area contributed by atoms with Gasteiger partial charge in [-0.2, -0.15) is 4.98 Å². The number of benzene rings is 1. The van der Waals surface area contributed by atoms with Crippen molar-refractivity contribution < 1.29 is 23.1 Å². The maximum absolute atomic E-state index is 13.5. The van der Waals surface area contributed by atoms with E-state index in [-0.39, 0.29) is 18.4 Å². The molecule has 0 saturated carbocycles. The van der Waals surface area contributed by atoms with E-state index in [1.807, 2.05) is 6.92 Å². The largest absolute Gasteiger partial charge is 0.444 e. The van der Waals surface area contributed by atoms with E-state index < -0.39 is 23.3 Å². The highest BCUT2D eigenvalue weighted by Crippen LogP contribution is 2.19. The van der Waals surface area contributed by atoms with Gasteiger partial charge < -0.3 is 25.6 Å². The minimum absolute atomic E-state index is 0.102. The number of ether oxygens (including phenoxy) is 1. The zero-order valence-corrected chi connectivity index (χ0v) is 21.9. The smallest absolute Gasteiger partial charge is 0.410 e. The second-order valence-electron chi connectivity index (χ2n) is 9.23. The highest BCUT2D eigenvalue weighted by atomic mass is 19.2. The number of likely N-dealkylation sites (N-methyl/N-ethyl adjacent to an activating group) is 1. The molecule has 0 aliphatic carbocycles. The normalized spacial score (nSPS) is 10.7. The van der Waals surface area contributed by atoms with E-state index >= 15 is 0 Å². The fraction of sp³-hybridized carbons (Fsp3) is 0.462. The number of halogens is 2. The van der Waals surface area contributed by atoms with Gasteiger partial charge in [-0.25, -0.2) is 18.6 Å². The number of carbonyl (C=O) groups excluding carboxylic acids is 2. The van der Waals surface area contributed by atoms with E-state index in [1.54, 1.807) is 27.0 Å². The molecule has 3 N–H and O–H groups in total.